The van der Waals surface area contributed by atoms with Gasteiger partial charge >= 0.3 is 6.03 Å². The van der Waals surface area contributed by atoms with Crippen molar-refractivity contribution in [2.75, 3.05) is 24.5 Å². The number of amides is 3. The number of primary amides is 1. The van der Waals surface area contributed by atoms with Gasteiger partial charge in [0.15, 0.2) is 0 Å². The van der Waals surface area contributed by atoms with Crippen molar-refractivity contribution < 1.29 is 18.7 Å². The van der Waals surface area contributed by atoms with E-state index >= 15 is 0 Å². The Morgan fingerprint density at radius 1 is 1.32 bits per heavy atom. The summed E-state index contributed by atoms with van der Waals surface area (Å²) in [6, 6.07) is 7.61. The van der Waals surface area contributed by atoms with Crippen LogP contribution in [0.25, 0.3) is 0 Å². The molecule has 0 unspecified atom stereocenters. The van der Waals surface area contributed by atoms with E-state index in [4.69, 9.17) is 10.5 Å². The van der Waals surface area contributed by atoms with E-state index in [1.165, 1.54) is 17.0 Å². The van der Waals surface area contributed by atoms with Gasteiger partial charge in [-0.25, -0.2) is 9.18 Å². The number of hydrogen-bond acceptors (Lipinski definition) is 4. The topological polar surface area (TPSA) is 88.8 Å². The molecule has 2 aromatic rings. The predicted molar refractivity (Wildman–Crippen MR) is 117 cm³/mol. The zero-order valence-corrected chi connectivity index (χ0v) is 18.0. The molecule has 0 bridgehead atoms. The molecule has 1 aliphatic heterocycles. The molecule has 1 aliphatic rings. The number of hydrogen-bond donors (Lipinski definition) is 1. The summed E-state index contributed by atoms with van der Waals surface area (Å²) in [7, 11) is 0. The van der Waals surface area contributed by atoms with Gasteiger partial charge in [0.25, 0.3) is 0 Å². The molecule has 0 aliphatic carbocycles. The van der Waals surface area contributed by atoms with Crippen LogP contribution in [0.15, 0.2) is 36.5 Å². The Hall–Kier alpha value is -3.16. The van der Waals surface area contributed by atoms with Crippen LogP contribution >= 0.6 is 0 Å². The Kier molecular flexibility index (Phi) is 7.44. The first kappa shape index (κ1) is 22.5. The molecule has 1 saturated heterocycles. The number of halogens is 1. The van der Waals surface area contributed by atoms with E-state index in [0.29, 0.717) is 30.0 Å². The number of ether oxygens (including phenoxy) is 1. The average Bonchev–Trinajstić information content (AvgIpc) is 2.74. The first-order valence-electron chi connectivity index (χ1n) is 10.6. The normalized spacial score (nSPS) is 16.1. The van der Waals surface area contributed by atoms with E-state index in [2.05, 4.69) is 4.98 Å². The highest BCUT2D eigenvalue weighted by molar-refractivity contribution is 5.90. The molecule has 0 spiro atoms. The van der Waals surface area contributed by atoms with Crippen LogP contribution in [-0.4, -0.2) is 47.6 Å². The SMILES string of the molecule is CCc1ccc(N(CCc2cc(F)cc(O[C@@H]3CCCN(C(C)=O)C3)c2)C(N)=O)cn1. The molecule has 2 N–H and O–H groups in total. The van der Waals surface area contributed by atoms with Crippen LogP contribution in [0.2, 0.25) is 0 Å². The Morgan fingerprint density at radius 2 is 2.13 bits per heavy atom. The highest BCUT2D eigenvalue weighted by atomic mass is 19.1. The first-order chi connectivity index (χ1) is 14.9. The maximum Gasteiger partial charge on any atom is 0.319 e. The number of nitrogens with zero attached hydrogens (tertiary/aromatic N) is 3. The fourth-order valence-electron chi connectivity index (χ4n) is 3.74. The van der Waals surface area contributed by atoms with Gasteiger partial charge in [0.2, 0.25) is 5.91 Å². The second kappa shape index (κ2) is 10.2. The van der Waals surface area contributed by atoms with Crippen molar-refractivity contribution in [2.45, 2.75) is 45.6 Å². The van der Waals surface area contributed by atoms with Crippen LogP contribution in [0.1, 0.15) is 37.9 Å². The smallest absolute Gasteiger partial charge is 0.319 e. The lowest BCUT2D eigenvalue weighted by Gasteiger charge is -2.32. The fraction of sp³-hybridized carbons (Fsp3) is 0.435. The zero-order chi connectivity index (χ0) is 22.4. The second-order valence-corrected chi connectivity index (χ2v) is 7.74. The van der Waals surface area contributed by atoms with E-state index in [0.717, 1.165) is 31.5 Å². The molecular formula is C23H29FN4O3. The summed E-state index contributed by atoms with van der Waals surface area (Å²) in [6.45, 7) is 5.05. The van der Waals surface area contributed by atoms with Crippen LogP contribution in [-0.2, 0) is 17.6 Å². The molecule has 31 heavy (non-hydrogen) atoms. The van der Waals surface area contributed by atoms with Crippen molar-refractivity contribution in [3.8, 4) is 5.75 Å². The van der Waals surface area contributed by atoms with Crippen molar-refractivity contribution in [3.05, 3.63) is 53.6 Å². The average molecular weight is 429 g/mol. The Labute approximate surface area is 182 Å². The summed E-state index contributed by atoms with van der Waals surface area (Å²) in [5.74, 6) is 0.0255. The number of rotatable bonds is 7. The fourth-order valence-corrected chi connectivity index (χ4v) is 3.74. The van der Waals surface area contributed by atoms with Crippen LogP contribution in [0.5, 0.6) is 5.75 Å². The summed E-state index contributed by atoms with van der Waals surface area (Å²) in [6.07, 6.45) is 4.31. The quantitative estimate of drug-likeness (QED) is 0.733. The minimum Gasteiger partial charge on any atom is -0.488 e. The van der Waals surface area contributed by atoms with Gasteiger partial charge in [-0.15, -0.1) is 0 Å². The monoisotopic (exact) mass is 428 g/mol. The molecule has 3 amide bonds. The molecule has 166 valence electrons. The van der Waals surface area contributed by atoms with Gasteiger partial charge < -0.3 is 15.4 Å². The van der Waals surface area contributed by atoms with Gasteiger partial charge in [0.05, 0.1) is 18.4 Å². The van der Waals surface area contributed by atoms with E-state index in [9.17, 15) is 14.0 Å². The molecule has 0 radical (unpaired) electrons. The summed E-state index contributed by atoms with van der Waals surface area (Å²) < 4.78 is 20.2. The summed E-state index contributed by atoms with van der Waals surface area (Å²) in [5.41, 5.74) is 7.77. The third-order valence-electron chi connectivity index (χ3n) is 5.43. The van der Waals surface area contributed by atoms with Crippen molar-refractivity contribution >= 4 is 17.6 Å². The Bertz CT molecular complexity index is 920. The second-order valence-electron chi connectivity index (χ2n) is 7.74. The molecule has 0 saturated carbocycles. The van der Waals surface area contributed by atoms with Gasteiger partial charge in [-0.2, -0.15) is 0 Å². The molecule has 3 rings (SSSR count). The lowest BCUT2D eigenvalue weighted by molar-refractivity contribution is -0.131. The van der Waals surface area contributed by atoms with Crippen LogP contribution in [0.4, 0.5) is 14.9 Å². The minimum atomic E-state index is -0.592. The third kappa shape index (κ3) is 6.16. The number of carbonyl (C=O) groups excluding carboxylic acids is 2. The standard InChI is InChI=1S/C23H29FN4O3/c1-3-19-6-7-20(14-26-19)28(23(25)30)10-8-17-11-18(24)13-22(12-17)31-21-5-4-9-27(15-21)16(2)29/h6-7,11-14,21H,3-5,8-10,15H2,1-2H3,(H2,25,30)/t21-/m1/s1. The number of carbonyl (C=O) groups is 2. The van der Waals surface area contributed by atoms with Crippen molar-refractivity contribution in [1.82, 2.24) is 9.88 Å². The van der Waals surface area contributed by atoms with Crippen LogP contribution in [0.3, 0.4) is 0 Å². The Balaban J connectivity index is 1.67. The molecule has 1 aromatic heterocycles. The summed E-state index contributed by atoms with van der Waals surface area (Å²) in [5, 5.41) is 0. The maximum absolute atomic E-state index is 14.2. The number of pyridine rings is 1. The number of anilines is 1. The van der Waals surface area contributed by atoms with Gasteiger partial charge in [-0.3, -0.25) is 14.7 Å². The largest absolute Gasteiger partial charge is 0.488 e. The number of piperidine rings is 1. The number of aromatic nitrogens is 1. The summed E-state index contributed by atoms with van der Waals surface area (Å²) >= 11 is 0. The Morgan fingerprint density at radius 3 is 2.77 bits per heavy atom. The van der Waals surface area contributed by atoms with Gasteiger partial charge in [-0.05, 0) is 55.5 Å². The van der Waals surface area contributed by atoms with Gasteiger partial charge in [0, 0.05) is 31.8 Å². The first-order valence-corrected chi connectivity index (χ1v) is 10.6. The van der Waals surface area contributed by atoms with Gasteiger partial charge in [-0.1, -0.05) is 6.92 Å². The highest BCUT2D eigenvalue weighted by Crippen LogP contribution is 2.23. The maximum atomic E-state index is 14.2. The molecule has 1 fully saturated rings. The van der Waals surface area contributed by atoms with Crippen LogP contribution < -0.4 is 15.4 Å². The third-order valence-corrected chi connectivity index (χ3v) is 5.43. The van der Waals surface area contributed by atoms with Crippen molar-refractivity contribution in [3.63, 3.8) is 0 Å². The molecule has 1 atom stereocenters. The molecule has 1 aromatic carbocycles. The minimum absolute atomic E-state index is 0.0150. The van der Waals surface area contributed by atoms with E-state index < -0.39 is 11.8 Å². The van der Waals surface area contributed by atoms with E-state index in [1.54, 1.807) is 30.2 Å². The number of urea groups is 1. The predicted octanol–water partition coefficient (Wildman–Crippen LogP) is 3.30. The van der Waals surface area contributed by atoms with E-state index in [-0.39, 0.29) is 18.6 Å². The number of nitrogens with two attached hydrogens (primary N) is 1. The summed E-state index contributed by atoms with van der Waals surface area (Å²) in [4.78, 5) is 31.0. The van der Waals surface area contributed by atoms with E-state index in [1.807, 2.05) is 13.0 Å². The molecule has 7 nitrogen and oxygen atoms in total. The van der Waals surface area contributed by atoms with Crippen LogP contribution in [0, 0.1) is 5.82 Å². The lowest BCUT2D eigenvalue weighted by Crippen LogP contribution is -2.43. The van der Waals surface area contributed by atoms with Crippen molar-refractivity contribution in [2.24, 2.45) is 5.73 Å². The molecule has 2 heterocycles. The van der Waals surface area contributed by atoms with Gasteiger partial charge in [0.1, 0.15) is 17.7 Å². The molecule has 8 heteroatoms. The highest BCUT2D eigenvalue weighted by Gasteiger charge is 2.23. The molecular weight excluding hydrogens is 399 g/mol. The lowest BCUT2D eigenvalue weighted by atomic mass is 10.1. The number of benzene rings is 1. The zero-order valence-electron chi connectivity index (χ0n) is 18.0. The van der Waals surface area contributed by atoms with Crippen molar-refractivity contribution in [1.29, 1.82) is 0 Å². The number of likely N-dealkylation sites (tertiary alicyclic amines) is 1. The number of aryl methyl sites for hydroxylation is 1.